The maximum Gasteiger partial charge on any atom is 0.321 e. The highest BCUT2D eigenvalue weighted by molar-refractivity contribution is 6.30. The lowest BCUT2D eigenvalue weighted by Crippen LogP contribution is -2.50. The highest BCUT2D eigenvalue weighted by Gasteiger charge is 2.22. The Kier molecular flexibility index (Phi) is 4.95. The van der Waals surface area contributed by atoms with Crippen molar-refractivity contribution in [3.8, 4) is 0 Å². The number of anilines is 2. The van der Waals surface area contributed by atoms with Gasteiger partial charge in [0.1, 0.15) is 0 Å². The number of nitrogens with one attached hydrogen (secondary N) is 1. The van der Waals surface area contributed by atoms with Gasteiger partial charge < -0.3 is 15.1 Å². The molecular weight excluding hydrogens is 322 g/mol. The molecule has 1 saturated heterocycles. The van der Waals surface area contributed by atoms with Gasteiger partial charge in [-0.25, -0.2) is 4.79 Å². The van der Waals surface area contributed by atoms with E-state index in [0.29, 0.717) is 18.1 Å². The number of carbonyl (C=O) groups excluding carboxylic acids is 1. The van der Waals surface area contributed by atoms with Crippen molar-refractivity contribution in [2.75, 3.05) is 36.4 Å². The lowest BCUT2D eigenvalue weighted by atomic mass is 10.1. The molecule has 1 aliphatic rings. The SMILES string of the molecule is Cc1cccc(C)c1N1CCN(C(=O)Nc2cccc(Cl)c2)CC1. The van der Waals surface area contributed by atoms with Crippen molar-refractivity contribution in [3.05, 3.63) is 58.6 Å². The van der Waals surface area contributed by atoms with E-state index in [9.17, 15) is 4.79 Å². The van der Waals surface area contributed by atoms with Crippen LogP contribution in [0.3, 0.4) is 0 Å². The summed E-state index contributed by atoms with van der Waals surface area (Å²) in [4.78, 5) is 16.6. The van der Waals surface area contributed by atoms with Gasteiger partial charge in [-0.15, -0.1) is 0 Å². The first kappa shape index (κ1) is 16.7. The van der Waals surface area contributed by atoms with E-state index >= 15 is 0 Å². The minimum absolute atomic E-state index is 0.0709. The first-order valence-electron chi connectivity index (χ1n) is 8.17. The molecule has 0 saturated carbocycles. The predicted octanol–water partition coefficient (Wildman–Crippen LogP) is 4.31. The van der Waals surface area contributed by atoms with Crippen LogP contribution in [0.2, 0.25) is 5.02 Å². The summed E-state index contributed by atoms with van der Waals surface area (Å²) in [6.45, 7) is 7.38. The lowest BCUT2D eigenvalue weighted by Gasteiger charge is -2.37. The maximum absolute atomic E-state index is 12.4. The molecular formula is C19H22ClN3O. The molecule has 0 radical (unpaired) electrons. The second-order valence-corrected chi connectivity index (χ2v) is 6.59. The minimum atomic E-state index is -0.0709. The zero-order valence-electron chi connectivity index (χ0n) is 14.1. The molecule has 1 aliphatic heterocycles. The molecule has 0 aliphatic carbocycles. The van der Waals surface area contributed by atoms with Crippen LogP contribution in [0.1, 0.15) is 11.1 Å². The van der Waals surface area contributed by atoms with E-state index in [1.807, 2.05) is 17.0 Å². The molecule has 126 valence electrons. The molecule has 2 aromatic carbocycles. The van der Waals surface area contributed by atoms with Crippen molar-refractivity contribution in [1.29, 1.82) is 0 Å². The van der Waals surface area contributed by atoms with Crippen LogP contribution in [-0.4, -0.2) is 37.1 Å². The van der Waals surface area contributed by atoms with Crippen molar-refractivity contribution in [2.45, 2.75) is 13.8 Å². The van der Waals surface area contributed by atoms with Gasteiger partial charge in [-0.1, -0.05) is 35.9 Å². The summed E-state index contributed by atoms with van der Waals surface area (Å²) in [7, 11) is 0. The summed E-state index contributed by atoms with van der Waals surface area (Å²) < 4.78 is 0. The van der Waals surface area contributed by atoms with Crippen LogP contribution < -0.4 is 10.2 Å². The molecule has 3 rings (SSSR count). The normalized spacial score (nSPS) is 14.6. The molecule has 2 aromatic rings. The molecule has 1 heterocycles. The number of carbonyl (C=O) groups is 1. The molecule has 2 amide bonds. The number of hydrogen-bond donors (Lipinski definition) is 1. The van der Waals surface area contributed by atoms with Gasteiger partial charge in [-0.2, -0.15) is 0 Å². The number of urea groups is 1. The second-order valence-electron chi connectivity index (χ2n) is 6.16. The van der Waals surface area contributed by atoms with Gasteiger partial charge in [0.25, 0.3) is 0 Å². The number of amides is 2. The third-order valence-electron chi connectivity index (χ3n) is 4.40. The fourth-order valence-corrected chi connectivity index (χ4v) is 3.40. The van der Waals surface area contributed by atoms with E-state index in [-0.39, 0.29) is 6.03 Å². The topological polar surface area (TPSA) is 35.6 Å². The fourth-order valence-electron chi connectivity index (χ4n) is 3.21. The van der Waals surface area contributed by atoms with Gasteiger partial charge >= 0.3 is 6.03 Å². The summed E-state index contributed by atoms with van der Waals surface area (Å²) in [5.41, 5.74) is 4.59. The Morgan fingerprint density at radius 3 is 2.25 bits per heavy atom. The Bertz CT molecular complexity index is 719. The van der Waals surface area contributed by atoms with Crippen LogP contribution in [0, 0.1) is 13.8 Å². The second kappa shape index (κ2) is 7.14. The van der Waals surface area contributed by atoms with Gasteiger partial charge in [-0.05, 0) is 43.2 Å². The van der Waals surface area contributed by atoms with E-state index in [0.717, 1.165) is 18.8 Å². The fraction of sp³-hybridized carbons (Fsp3) is 0.316. The lowest BCUT2D eigenvalue weighted by molar-refractivity contribution is 0.208. The van der Waals surface area contributed by atoms with Crippen molar-refractivity contribution >= 4 is 29.0 Å². The van der Waals surface area contributed by atoms with Crippen LogP contribution in [0.5, 0.6) is 0 Å². The van der Waals surface area contributed by atoms with E-state index < -0.39 is 0 Å². The molecule has 0 unspecified atom stereocenters. The summed E-state index contributed by atoms with van der Waals surface area (Å²) >= 11 is 5.96. The molecule has 0 aromatic heterocycles. The summed E-state index contributed by atoms with van der Waals surface area (Å²) in [5.74, 6) is 0. The Morgan fingerprint density at radius 2 is 1.62 bits per heavy atom. The third kappa shape index (κ3) is 3.65. The summed E-state index contributed by atoms with van der Waals surface area (Å²) in [6.07, 6.45) is 0. The molecule has 5 heteroatoms. The Balaban J connectivity index is 1.61. The number of halogens is 1. The largest absolute Gasteiger partial charge is 0.368 e. The zero-order valence-corrected chi connectivity index (χ0v) is 14.8. The van der Waals surface area contributed by atoms with Gasteiger partial charge in [-0.3, -0.25) is 0 Å². The zero-order chi connectivity index (χ0) is 17.1. The van der Waals surface area contributed by atoms with Gasteiger partial charge in [0.05, 0.1) is 0 Å². The smallest absolute Gasteiger partial charge is 0.321 e. The number of benzene rings is 2. The van der Waals surface area contributed by atoms with Crippen LogP contribution in [0.15, 0.2) is 42.5 Å². The molecule has 0 spiro atoms. The average Bonchev–Trinajstić information content (AvgIpc) is 2.55. The van der Waals surface area contributed by atoms with Crippen molar-refractivity contribution in [2.24, 2.45) is 0 Å². The quantitative estimate of drug-likeness (QED) is 0.881. The van der Waals surface area contributed by atoms with Crippen LogP contribution in [0.4, 0.5) is 16.2 Å². The first-order valence-corrected chi connectivity index (χ1v) is 8.55. The van der Waals surface area contributed by atoms with E-state index in [1.54, 1.807) is 12.1 Å². The number of hydrogen-bond acceptors (Lipinski definition) is 2. The van der Waals surface area contributed by atoms with Crippen molar-refractivity contribution < 1.29 is 4.79 Å². The van der Waals surface area contributed by atoms with Crippen LogP contribution >= 0.6 is 11.6 Å². The van der Waals surface area contributed by atoms with Gasteiger partial charge in [0, 0.05) is 42.6 Å². The number of nitrogens with zero attached hydrogens (tertiary/aromatic N) is 2. The molecule has 1 fully saturated rings. The van der Waals surface area contributed by atoms with Crippen molar-refractivity contribution in [3.63, 3.8) is 0 Å². The van der Waals surface area contributed by atoms with Gasteiger partial charge in [0.2, 0.25) is 0 Å². The first-order chi connectivity index (χ1) is 11.5. The monoisotopic (exact) mass is 343 g/mol. The average molecular weight is 344 g/mol. The van der Waals surface area contributed by atoms with Crippen LogP contribution in [-0.2, 0) is 0 Å². The van der Waals surface area contributed by atoms with Crippen LogP contribution in [0.25, 0.3) is 0 Å². The van der Waals surface area contributed by atoms with Crippen molar-refractivity contribution in [1.82, 2.24) is 4.90 Å². The summed E-state index contributed by atoms with van der Waals surface area (Å²) in [5, 5.41) is 3.53. The Morgan fingerprint density at radius 1 is 1.00 bits per heavy atom. The standard InChI is InChI=1S/C19H22ClN3O/c1-14-5-3-6-15(2)18(14)22-9-11-23(12-10-22)19(24)21-17-8-4-7-16(20)13-17/h3-8,13H,9-12H2,1-2H3,(H,21,24). The Hall–Kier alpha value is -2.20. The number of rotatable bonds is 2. The highest BCUT2D eigenvalue weighted by atomic mass is 35.5. The molecule has 1 N–H and O–H groups in total. The number of piperazine rings is 1. The highest BCUT2D eigenvalue weighted by Crippen LogP contribution is 2.25. The number of aryl methyl sites for hydroxylation is 2. The Labute approximate surface area is 148 Å². The molecule has 24 heavy (non-hydrogen) atoms. The third-order valence-corrected chi connectivity index (χ3v) is 4.63. The number of para-hydroxylation sites is 1. The summed E-state index contributed by atoms with van der Waals surface area (Å²) in [6, 6.07) is 13.5. The maximum atomic E-state index is 12.4. The van der Waals surface area contributed by atoms with E-state index in [1.165, 1.54) is 16.8 Å². The van der Waals surface area contributed by atoms with E-state index in [4.69, 9.17) is 11.6 Å². The molecule has 4 nitrogen and oxygen atoms in total. The van der Waals surface area contributed by atoms with Gasteiger partial charge in [0.15, 0.2) is 0 Å². The minimum Gasteiger partial charge on any atom is -0.368 e. The predicted molar refractivity (Wildman–Crippen MR) is 100 cm³/mol. The van der Waals surface area contributed by atoms with E-state index in [2.05, 4.69) is 42.3 Å². The molecule has 0 bridgehead atoms. The molecule has 0 atom stereocenters.